The highest BCUT2D eigenvalue weighted by Gasteiger charge is 2.37. The fraction of sp³-hybridized carbons (Fsp3) is 0.429. The molecule has 5 nitrogen and oxygen atoms in total. The standard InChI is InChI=1S/C14H18N2O3/c1-10(18)15-12-5-3-11(4-6-12)13(19)16-14(9-17)7-2-8-14/h3-6,17H,2,7-9H2,1H3,(H,15,18)(H,16,19). The summed E-state index contributed by atoms with van der Waals surface area (Å²) in [5.41, 5.74) is 0.742. The minimum Gasteiger partial charge on any atom is -0.394 e. The molecule has 1 saturated carbocycles. The van der Waals surface area contributed by atoms with Crippen LogP contribution in [0.5, 0.6) is 0 Å². The third-order valence-electron chi connectivity index (χ3n) is 3.46. The van der Waals surface area contributed by atoms with Gasteiger partial charge in [-0.15, -0.1) is 0 Å². The number of amides is 2. The largest absolute Gasteiger partial charge is 0.394 e. The maximum absolute atomic E-state index is 12.0. The summed E-state index contributed by atoms with van der Waals surface area (Å²) in [4.78, 5) is 22.9. The van der Waals surface area contributed by atoms with Crippen LogP contribution in [0.15, 0.2) is 24.3 Å². The van der Waals surface area contributed by atoms with Gasteiger partial charge in [-0.05, 0) is 43.5 Å². The Morgan fingerprint density at radius 1 is 1.26 bits per heavy atom. The predicted octanol–water partition coefficient (Wildman–Crippen LogP) is 1.29. The predicted molar refractivity (Wildman–Crippen MR) is 71.9 cm³/mol. The average molecular weight is 262 g/mol. The Kier molecular flexibility index (Phi) is 3.85. The van der Waals surface area contributed by atoms with Crippen molar-refractivity contribution in [1.29, 1.82) is 0 Å². The Balaban J connectivity index is 2.01. The Morgan fingerprint density at radius 3 is 2.32 bits per heavy atom. The first kappa shape index (κ1) is 13.5. The summed E-state index contributed by atoms with van der Waals surface area (Å²) in [6.45, 7) is 1.41. The molecule has 5 heteroatoms. The maximum atomic E-state index is 12.0. The van der Waals surface area contributed by atoms with Crippen molar-refractivity contribution in [3.63, 3.8) is 0 Å². The topological polar surface area (TPSA) is 78.4 Å². The van der Waals surface area contributed by atoms with Crippen LogP contribution in [0.2, 0.25) is 0 Å². The molecule has 1 fully saturated rings. The van der Waals surface area contributed by atoms with E-state index in [0.717, 1.165) is 19.3 Å². The summed E-state index contributed by atoms with van der Waals surface area (Å²) >= 11 is 0. The maximum Gasteiger partial charge on any atom is 0.251 e. The Bertz CT molecular complexity index is 472. The number of anilines is 1. The van der Waals surface area contributed by atoms with Gasteiger partial charge < -0.3 is 15.7 Å². The van der Waals surface area contributed by atoms with Gasteiger partial charge in [-0.25, -0.2) is 0 Å². The van der Waals surface area contributed by atoms with Crippen LogP contribution in [-0.2, 0) is 4.79 Å². The SMILES string of the molecule is CC(=O)Nc1ccc(C(=O)NC2(CO)CCC2)cc1. The van der Waals surface area contributed by atoms with Crippen LogP contribution in [0.4, 0.5) is 5.69 Å². The molecule has 102 valence electrons. The van der Waals surface area contributed by atoms with Gasteiger partial charge in [-0.1, -0.05) is 0 Å². The minimum atomic E-state index is -0.437. The molecule has 1 aliphatic carbocycles. The fourth-order valence-corrected chi connectivity index (χ4v) is 2.15. The number of carbonyl (C=O) groups is 2. The molecule has 2 amide bonds. The number of hydrogen-bond acceptors (Lipinski definition) is 3. The van der Waals surface area contributed by atoms with Crippen molar-refractivity contribution in [2.45, 2.75) is 31.7 Å². The summed E-state index contributed by atoms with van der Waals surface area (Å²) in [5, 5.41) is 14.8. The van der Waals surface area contributed by atoms with Gasteiger partial charge in [0, 0.05) is 18.2 Å². The Morgan fingerprint density at radius 2 is 1.89 bits per heavy atom. The van der Waals surface area contributed by atoms with Crippen molar-refractivity contribution in [2.75, 3.05) is 11.9 Å². The quantitative estimate of drug-likeness (QED) is 0.765. The monoisotopic (exact) mass is 262 g/mol. The molecule has 19 heavy (non-hydrogen) atoms. The van der Waals surface area contributed by atoms with E-state index in [-0.39, 0.29) is 18.4 Å². The molecule has 1 aliphatic rings. The van der Waals surface area contributed by atoms with Crippen molar-refractivity contribution in [3.8, 4) is 0 Å². The number of aliphatic hydroxyl groups excluding tert-OH is 1. The zero-order valence-corrected chi connectivity index (χ0v) is 10.9. The zero-order valence-electron chi connectivity index (χ0n) is 10.9. The van der Waals surface area contributed by atoms with Gasteiger partial charge >= 0.3 is 0 Å². The van der Waals surface area contributed by atoms with Crippen LogP contribution in [0.1, 0.15) is 36.5 Å². The molecule has 0 radical (unpaired) electrons. The molecule has 0 saturated heterocycles. The zero-order chi connectivity index (χ0) is 13.9. The highest BCUT2D eigenvalue weighted by molar-refractivity contribution is 5.96. The number of rotatable bonds is 4. The van der Waals surface area contributed by atoms with Gasteiger partial charge in [0.2, 0.25) is 5.91 Å². The van der Waals surface area contributed by atoms with E-state index in [0.29, 0.717) is 11.3 Å². The molecule has 0 heterocycles. The summed E-state index contributed by atoms with van der Waals surface area (Å²) in [7, 11) is 0. The van der Waals surface area contributed by atoms with Crippen molar-refractivity contribution in [1.82, 2.24) is 5.32 Å². The van der Waals surface area contributed by atoms with Gasteiger partial charge in [0.05, 0.1) is 12.1 Å². The molecule has 0 spiro atoms. The molecular formula is C14H18N2O3. The van der Waals surface area contributed by atoms with Crippen LogP contribution in [0, 0.1) is 0 Å². The van der Waals surface area contributed by atoms with E-state index in [1.165, 1.54) is 6.92 Å². The van der Waals surface area contributed by atoms with Crippen molar-refractivity contribution in [3.05, 3.63) is 29.8 Å². The second-order valence-electron chi connectivity index (χ2n) is 5.00. The summed E-state index contributed by atoms with van der Waals surface area (Å²) < 4.78 is 0. The summed E-state index contributed by atoms with van der Waals surface area (Å²) in [5.74, 6) is -0.339. The van der Waals surface area contributed by atoms with E-state index in [1.807, 2.05) is 0 Å². The van der Waals surface area contributed by atoms with E-state index in [9.17, 15) is 14.7 Å². The minimum absolute atomic E-state index is 0.0251. The first-order chi connectivity index (χ1) is 9.04. The molecular weight excluding hydrogens is 244 g/mol. The molecule has 0 bridgehead atoms. The lowest BCUT2D eigenvalue weighted by Gasteiger charge is -2.40. The highest BCUT2D eigenvalue weighted by atomic mass is 16.3. The van der Waals surface area contributed by atoms with Gasteiger partial charge in [0.15, 0.2) is 0 Å². The lowest BCUT2D eigenvalue weighted by atomic mass is 9.77. The molecule has 2 rings (SSSR count). The van der Waals surface area contributed by atoms with Crippen LogP contribution in [-0.4, -0.2) is 29.1 Å². The number of hydrogen-bond donors (Lipinski definition) is 3. The van der Waals surface area contributed by atoms with Crippen LogP contribution in [0.25, 0.3) is 0 Å². The fourth-order valence-electron chi connectivity index (χ4n) is 2.15. The van der Waals surface area contributed by atoms with E-state index in [2.05, 4.69) is 10.6 Å². The summed E-state index contributed by atoms with van der Waals surface area (Å²) in [6.07, 6.45) is 2.67. The first-order valence-corrected chi connectivity index (χ1v) is 6.36. The van der Waals surface area contributed by atoms with E-state index >= 15 is 0 Å². The Hall–Kier alpha value is -1.88. The van der Waals surface area contributed by atoms with E-state index in [1.54, 1.807) is 24.3 Å². The average Bonchev–Trinajstić information content (AvgIpc) is 2.34. The second kappa shape index (κ2) is 5.40. The molecule has 1 aromatic rings. The molecule has 0 unspecified atom stereocenters. The summed E-state index contributed by atoms with van der Waals surface area (Å²) in [6, 6.07) is 6.68. The number of nitrogens with one attached hydrogen (secondary N) is 2. The van der Waals surface area contributed by atoms with Crippen molar-refractivity contribution >= 4 is 17.5 Å². The highest BCUT2D eigenvalue weighted by Crippen LogP contribution is 2.31. The van der Waals surface area contributed by atoms with Crippen LogP contribution >= 0.6 is 0 Å². The van der Waals surface area contributed by atoms with E-state index in [4.69, 9.17) is 0 Å². The van der Waals surface area contributed by atoms with Crippen molar-refractivity contribution in [2.24, 2.45) is 0 Å². The lowest BCUT2D eigenvalue weighted by Crippen LogP contribution is -2.56. The molecule has 0 aliphatic heterocycles. The lowest BCUT2D eigenvalue weighted by molar-refractivity contribution is -0.114. The van der Waals surface area contributed by atoms with Crippen LogP contribution in [0.3, 0.4) is 0 Å². The Labute approximate surface area is 112 Å². The smallest absolute Gasteiger partial charge is 0.251 e. The van der Waals surface area contributed by atoms with Crippen LogP contribution < -0.4 is 10.6 Å². The molecule has 3 N–H and O–H groups in total. The van der Waals surface area contributed by atoms with Gasteiger partial charge in [0.25, 0.3) is 5.91 Å². The second-order valence-corrected chi connectivity index (χ2v) is 5.00. The number of carbonyl (C=O) groups excluding carboxylic acids is 2. The first-order valence-electron chi connectivity index (χ1n) is 6.36. The van der Waals surface area contributed by atoms with Gasteiger partial charge in [0.1, 0.15) is 0 Å². The molecule has 0 aromatic heterocycles. The molecule has 0 atom stereocenters. The van der Waals surface area contributed by atoms with Gasteiger partial charge in [-0.3, -0.25) is 9.59 Å². The van der Waals surface area contributed by atoms with Gasteiger partial charge in [-0.2, -0.15) is 0 Å². The molecule has 1 aromatic carbocycles. The normalized spacial score (nSPS) is 16.3. The number of benzene rings is 1. The van der Waals surface area contributed by atoms with Crippen molar-refractivity contribution < 1.29 is 14.7 Å². The van der Waals surface area contributed by atoms with E-state index < -0.39 is 5.54 Å². The third-order valence-corrected chi connectivity index (χ3v) is 3.46. The third kappa shape index (κ3) is 3.12. The number of aliphatic hydroxyl groups is 1.